The molecule has 0 fully saturated rings. The van der Waals surface area contributed by atoms with Crippen molar-refractivity contribution in [3.05, 3.63) is 29.3 Å². The van der Waals surface area contributed by atoms with Gasteiger partial charge in [0.15, 0.2) is 0 Å². The van der Waals surface area contributed by atoms with Gasteiger partial charge in [-0.1, -0.05) is 90.4 Å². The van der Waals surface area contributed by atoms with E-state index < -0.39 is 17.6 Å². The van der Waals surface area contributed by atoms with Crippen LogP contribution < -0.4 is 5.32 Å². The molecule has 0 radical (unpaired) electrons. The highest BCUT2D eigenvalue weighted by Crippen LogP contribution is 2.21. The van der Waals surface area contributed by atoms with Crippen molar-refractivity contribution in [2.24, 2.45) is 0 Å². The summed E-state index contributed by atoms with van der Waals surface area (Å²) in [6.07, 6.45) is 17.7. The minimum atomic E-state index is -1.34. The molecule has 0 heterocycles. The molecular formula is C23H37F2NO2. The average Bonchev–Trinajstić information content (AvgIpc) is 2.66. The normalized spacial score (nSPS) is 11.0. The minimum absolute atomic E-state index is 0.236. The maximum atomic E-state index is 13.8. The SMILES string of the molecule is CCCCCCCCCCCCCCCCNc1c(F)cc(C(=O)O)cc1F. The van der Waals surface area contributed by atoms with Crippen LogP contribution in [0.1, 0.15) is 107 Å². The van der Waals surface area contributed by atoms with E-state index in [4.69, 9.17) is 5.11 Å². The summed E-state index contributed by atoms with van der Waals surface area (Å²) < 4.78 is 27.6. The molecule has 0 unspecified atom stereocenters. The molecule has 1 aromatic carbocycles. The third-order valence-corrected chi connectivity index (χ3v) is 5.12. The second-order valence-electron chi connectivity index (χ2n) is 7.64. The van der Waals surface area contributed by atoms with Crippen LogP contribution in [0.4, 0.5) is 14.5 Å². The summed E-state index contributed by atoms with van der Waals surface area (Å²) >= 11 is 0. The Hall–Kier alpha value is -1.65. The Labute approximate surface area is 168 Å². The summed E-state index contributed by atoms with van der Waals surface area (Å²) in [4.78, 5) is 10.8. The van der Waals surface area contributed by atoms with Gasteiger partial charge in [-0.15, -0.1) is 0 Å². The fourth-order valence-corrected chi connectivity index (χ4v) is 3.40. The first-order valence-corrected chi connectivity index (χ1v) is 11.0. The lowest BCUT2D eigenvalue weighted by molar-refractivity contribution is 0.0696. The van der Waals surface area contributed by atoms with E-state index in [1.165, 1.54) is 70.6 Å². The zero-order valence-electron chi connectivity index (χ0n) is 17.4. The summed E-state index contributed by atoms with van der Waals surface area (Å²) in [5, 5.41) is 11.5. The predicted molar refractivity (Wildman–Crippen MR) is 112 cm³/mol. The Morgan fingerprint density at radius 3 is 1.57 bits per heavy atom. The lowest BCUT2D eigenvalue weighted by atomic mass is 10.0. The molecule has 1 rings (SSSR count). The largest absolute Gasteiger partial charge is 0.478 e. The molecule has 5 heteroatoms. The fraction of sp³-hybridized carbons (Fsp3) is 0.696. The molecule has 1 aromatic rings. The number of rotatable bonds is 17. The van der Waals surface area contributed by atoms with Gasteiger partial charge in [-0.25, -0.2) is 13.6 Å². The Kier molecular flexibility index (Phi) is 13.3. The zero-order chi connectivity index (χ0) is 20.6. The smallest absolute Gasteiger partial charge is 0.335 e. The van der Waals surface area contributed by atoms with Crippen molar-refractivity contribution >= 4 is 11.7 Å². The Morgan fingerprint density at radius 2 is 1.18 bits per heavy atom. The lowest BCUT2D eigenvalue weighted by Gasteiger charge is -2.09. The summed E-state index contributed by atoms with van der Waals surface area (Å²) in [7, 11) is 0. The monoisotopic (exact) mass is 397 g/mol. The molecule has 28 heavy (non-hydrogen) atoms. The van der Waals surface area contributed by atoms with Crippen LogP contribution in [0, 0.1) is 11.6 Å². The van der Waals surface area contributed by atoms with Gasteiger partial charge in [0.25, 0.3) is 0 Å². The van der Waals surface area contributed by atoms with Crippen molar-refractivity contribution in [3.63, 3.8) is 0 Å². The van der Waals surface area contributed by atoms with E-state index in [9.17, 15) is 13.6 Å². The number of aromatic carboxylic acids is 1. The Balaban J connectivity index is 1.98. The topological polar surface area (TPSA) is 49.3 Å². The lowest BCUT2D eigenvalue weighted by Crippen LogP contribution is -2.08. The van der Waals surface area contributed by atoms with Crippen LogP contribution in [-0.4, -0.2) is 17.6 Å². The molecule has 0 bridgehead atoms. The summed E-state index contributed by atoms with van der Waals surface area (Å²) in [5.74, 6) is -3.05. The molecule has 160 valence electrons. The van der Waals surface area contributed by atoms with Gasteiger partial charge >= 0.3 is 5.97 Å². The van der Waals surface area contributed by atoms with Crippen molar-refractivity contribution in [2.75, 3.05) is 11.9 Å². The van der Waals surface area contributed by atoms with Gasteiger partial charge in [-0.05, 0) is 18.6 Å². The van der Waals surface area contributed by atoms with Crippen LogP contribution in [0.3, 0.4) is 0 Å². The van der Waals surface area contributed by atoms with Crippen LogP contribution in [0.5, 0.6) is 0 Å². The van der Waals surface area contributed by atoms with E-state index in [1.54, 1.807) is 0 Å². The van der Waals surface area contributed by atoms with Gasteiger partial charge in [0.1, 0.15) is 17.3 Å². The van der Waals surface area contributed by atoms with E-state index in [0.717, 1.165) is 31.4 Å². The Morgan fingerprint density at radius 1 is 0.786 bits per heavy atom. The molecule has 0 amide bonds. The molecular weight excluding hydrogens is 360 g/mol. The predicted octanol–water partition coefficient (Wildman–Crippen LogP) is 7.56. The van der Waals surface area contributed by atoms with E-state index in [2.05, 4.69) is 12.2 Å². The number of hydrogen-bond donors (Lipinski definition) is 2. The molecule has 0 spiro atoms. The maximum absolute atomic E-state index is 13.8. The second-order valence-corrected chi connectivity index (χ2v) is 7.64. The van der Waals surface area contributed by atoms with E-state index >= 15 is 0 Å². The highest BCUT2D eigenvalue weighted by molar-refractivity contribution is 5.88. The molecule has 0 saturated carbocycles. The van der Waals surface area contributed by atoms with Crippen molar-refractivity contribution in [1.82, 2.24) is 0 Å². The molecule has 2 N–H and O–H groups in total. The van der Waals surface area contributed by atoms with Crippen molar-refractivity contribution in [3.8, 4) is 0 Å². The number of hydrogen-bond acceptors (Lipinski definition) is 2. The number of unbranched alkanes of at least 4 members (excludes halogenated alkanes) is 13. The fourth-order valence-electron chi connectivity index (χ4n) is 3.40. The third-order valence-electron chi connectivity index (χ3n) is 5.12. The minimum Gasteiger partial charge on any atom is -0.478 e. The van der Waals surface area contributed by atoms with Crippen molar-refractivity contribution in [1.29, 1.82) is 0 Å². The molecule has 0 aliphatic carbocycles. The molecule has 0 aliphatic rings. The molecule has 0 atom stereocenters. The number of halogens is 2. The molecule has 0 saturated heterocycles. The van der Waals surface area contributed by atoms with Crippen LogP contribution >= 0.6 is 0 Å². The number of carboxylic acid groups (broad SMARTS) is 1. The second kappa shape index (κ2) is 15.3. The first-order valence-electron chi connectivity index (χ1n) is 11.0. The number of anilines is 1. The van der Waals surface area contributed by atoms with Gasteiger partial charge in [0.2, 0.25) is 0 Å². The van der Waals surface area contributed by atoms with Gasteiger partial charge in [0.05, 0.1) is 5.56 Å². The van der Waals surface area contributed by atoms with Crippen LogP contribution in [0.15, 0.2) is 12.1 Å². The highest BCUT2D eigenvalue weighted by atomic mass is 19.1. The summed E-state index contributed by atoms with van der Waals surface area (Å²) in [6, 6.07) is 1.69. The van der Waals surface area contributed by atoms with Crippen molar-refractivity contribution < 1.29 is 18.7 Å². The highest BCUT2D eigenvalue weighted by Gasteiger charge is 2.14. The average molecular weight is 398 g/mol. The quantitative estimate of drug-likeness (QED) is 0.267. The first-order chi connectivity index (χ1) is 13.6. The van der Waals surface area contributed by atoms with Crippen LogP contribution in [0.2, 0.25) is 0 Å². The number of carbonyl (C=O) groups is 1. The first kappa shape index (κ1) is 24.4. The number of carboxylic acids is 1. The van der Waals surface area contributed by atoms with Crippen molar-refractivity contribution in [2.45, 2.75) is 96.8 Å². The summed E-state index contributed by atoms with van der Waals surface area (Å²) in [5.41, 5.74) is -0.614. The van der Waals surface area contributed by atoms with E-state index in [0.29, 0.717) is 6.54 Å². The Bertz CT molecular complexity index is 541. The maximum Gasteiger partial charge on any atom is 0.335 e. The third kappa shape index (κ3) is 10.6. The van der Waals surface area contributed by atoms with Crippen LogP contribution in [0.25, 0.3) is 0 Å². The van der Waals surface area contributed by atoms with Crippen LogP contribution in [-0.2, 0) is 0 Å². The molecule has 0 aliphatic heterocycles. The van der Waals surface area contributed by atoms with Gasteiger partial charge in [-0.2, -0.15) is 0 Å². The molecule has 0 aromatic heterocycles. The number of nitrogens with one attached hydrogen (secondary N) is 1. The molecule has 3 nitrogen and oxygen atoms in total. The van der Waals surface area contributed by atoms with E-state index in [-0.39, 0.29) is 11.3 Å². The summed E-state index contributed by atoms with van der Waals surface area (Å²) in [6.45, 7) is 2.73. The zero-order valence-corrected chi connectivity index (χ0v) is 17.4. The van der Waals surface area contributed by atoms with Gasteiger partial charge < -0.3 is 10.4 Å². The number of benzene rings is 1. The van der Waals surface area contributed by atoms with E-state index in [1.807, 2.05) is 0 Å². The standard InChI is InChI=1S/C23H37F2NO2/c1-2-3-4-5-6-7-8-9-10-11-12-13-14-15-16-26-22-20(24)17-19(23(27)28)18-21(22)25/h17-18,26H,2-16H2,1H3,(H,27,28). The van der Waals surface area contributed by atoms with Gasteiger partial charge in [0, 0.05) is 6.54 Å². The van der Waals surface area contributed by atoms with Gasteiger partial charge in [-0.3, -0.25) is 0 Å².